The lowest BCUT2D eigenvalue weighted by atomic mass is 9.62. The molecule has 3 aliphatic rings. The van der Waals surface area contributed by atoms with Gasteiger partial charge in [-0.15, -0.1) is 0 Å². The van der Waals surface area contributed by atoms with Crippen molar-refractivity contribution < 1.29 is 9.84 Å². The fourth-order valence-electron chi connectivity index (χ4n) is 5.23. The summed E-state index contributed by atoms with van der Waals surface area (Å²) in [5, 5.41) is 10.7. The monoisotopic (exact) mass is 304 g/mol. The van der Waals surface area contributed by atoms with Gasteiger partial charge in [-0.25, -0.2) is 0 Å². The van der Waals surface area contributed by atoms with Crippen LogP contribution in [-0.2, 0) is 4.74 Å². The molecule has 2 saturated heterocycles. The third-order valence-corrected chi connectivity index (χ3v) is 6.36. The van der Waals surface area contributed by atoms with Crippen molar-refractivity contribution in [3.63, 3.8) is 0 Å². The van der Waals surface area contributed by atoms with E-state index in [1.165, 1.54) is 17.6 Å². The van der Waals surface area contributed by atoms with Crippen molar-refractivity contribution in [2.45, 2.75) is 77.1 Å². The molecule has 124 valence electrons. The molecule has 0 spiro atoms. The Kier molecular flexibility index (Phi) is 4.28. The highest BCUT2D eigenvalue weighted by Gasteiger charge is 2.53. The van der Waals surface area contributed by atoms with Gasteiger partial charge in [0, 0.05) is 18.3 Å². The Morgan fingerprint density at radius 2 is 1.95 bits per heavy atom. The highest BCUT2D eigenvalue weighted by Crippen LogP contribution is 2.54. The zero-order valence-corrected chi connectivity index (χ0v) is 14.5. The molecule has 0 radical (unpaired) electrons. The van der Waals surface area contributed by atoms with Crippen molar-refractivity contribution in [2.24, 2.45) is 23.7 Å². The zero-order chi connectivity index (χ0) is 16.1. The van der Waals surface area contributed by atoms with E-state index in [-0.39, 0.29) is 12.2 Å². The van der Waals surface area contributed by atoms with Crippen molar-refractivity contribution in [1.82, 2.24) is 0 Å². The van der Waals surface area contributed by atoms with Gasteiger partial charge in [0.2, 0.25) is 0 Å². The number of hydrogen-bond acceptors (Lipinski definition) is 2. The first kappa shape index (κ1) is 16.3. The van der Waals surface area contributed by atoms with Crippen LogP contribution in [0, 0.1) is 23.7 Å². The number of rotatable bonds is 1. The van der Waals surface area contributed by atoms with Crippen molar-refractivity contribution in [2.75, 3.05) is 0 Å². The second-order valence-electron chi connectivity index (χ2n) is 8.52. The minimum Gasteiger partial charge on any atom is -0.390 e. The van der Waals surface area contributed by atoms with Gasteiger partial charge in [0.25, 0.3) is 0 Å². The van der Waals surface area contributed by atoms with Gasteiger partial charge in [0.1, 0.15) is 0 Å². The van der Waals surface area contributed by atoms with Crippen LogP contribution in [0.5, 0.6) is 0 Å². The summed E-state index contributed by atoms with van der Waals surface area (Å²) >= 11 is 0. The first-order valence-electron chi connectivity index (χ1n) is 9.03. The SMILES string of the molecule is C=C1CC[C@H](C(C)C)[C@@H]2[C@H]1[C@H]1C[C@@](C)(O)CCCC(=C)[C@@H]2O1. The first-order chi connectivity index (χ1) is 10.3. The fraction of sp³-hybridized carbons (Fsp3) is 0.800. The molecule has 6 atom stereocenters. The summed E-state index contributed by atoms with van der Waals surface area (Å²) in [5.41, 5.74) is 1.97. The maximum Gasteiger partial charge on any atom is 0.0824 e. The van der Waals surface area contributed by atoms with E-state index in [4.69, 9.17) is 4.74 Å². The van der Waals surface area contributed by atoms with Crippen LogP contribution in [0.3, 0.4) is 0 Å². The average molecular weight is 304 g/mol. The lowest BCUT2D eigenvalue weighted by molar-refractivity contribution is -0.0279. The first-order valence-corrected chi connectivity index (χ1v) is 9.03. The van der Waals surface area contributed by atoms with E-state index in [1.54, 1.807) is 0 Å². The molecule has 3 fully saturated rings. The Morgan fingerprint density at radius 1 is 1.23 bits per heavy atom. The lowest BCUT2D eigenvalue weighted by Crippen LogP contribution is -2.40. The summed E-state index contributed by atoms with van der Waals surface area (Å²) in [5.74, 6) is 2.29. The van der Waals surface area contributed by atoms with Gasteiger partial charge < -0.3 is 9.84 Å². The Labute approximate surface area is 135 Å². The fourth-order valence-corrected chi connectivity index (χ4v) is 5.23. The molecule has 0 unspecified atom stereocenters. The highest BCUT2D eigenvalue weighted by atomic mass is 16.5. The molecule has 2 bridgehead atoms. The molecule has 0 aromatic rings. The van der Waals surface area contributed by atoms with Crippen LogP contribution in [0.15, 0.2) is 24.3 Å². The third-order valence-electron chi connectivity index (χ3n) is 6.36. The smallest absolute Gasteiger partial charge is 0.0824 e. The molecule has 1 saturated carbocycles. The molecular weight excluding hydrogens is 272 g/mol. The topological polar surface area (TPSA) is 29.5 Å². The van der Waals surface area contributed by atoms with Crippen molar-refractivity contribution in [1.29, 1.82) is 0 Å². The predicted octanol–water partition coefficient (Wildman–Crippen LogP) is 4.49. The largest absolute Gasteiger partial charge is 0.390 e. The summed E-state index contributed by atoms with van der Waals surface area (Å²) in [6.07, 6.45) is 6.22. The minimum absolute atomic E-state index is 0.119. The average Bonchev–Trinajstić information content (AvgIpc) is 2.79. The Morgan fingerprint density at radius 3 is 2.64 bits per heavy atom. The van der Waals surface area contributed by atoms with E-state index in [9.17, 15) is 5.11 Å². The molecule has 1 aliphatic carbocycles. The van der Waals surface area contributed by atoms with Gasteiger partial charge in [0.05, 0.1) is 17.8 Å². The van der Waals surface area contributed by atoms with E-state index in [1.807, 2.05) is 6.92 Å². The normalized spacial score (nSPS) is 46.1. The van der Waals surface area contributed by atoms with Crippen LogP contribution in [0.4, 0.5) is 0 Å². The van der Waals surface area contributed by atoms with Crippen LogP contribution in [0.25, 0.3) is 0 Å². The molecule has 3 rings (SSSR count). The van der Waals surface area contributed by atoms with Crippen LogP contribution in [0.2, 0.25) is 0 Å². The molecule has 2 nitrogen and oxygen atoms in total. The van der Waals surface area contributed by atoms with Gasteiger partial charge in [-0.3, -0.25) is 0 Å². The Bertz CT molecular complexity index is 462. The molecular formula is C20H32O2. The number of ether oxygens (including phenoxy) is 1. The Balaban J connectivity index is 1.97. The van der Waals surface area contributed by atoms with E-state index in [0.29, 0.717) is 23.7 Å². The standard InChI is InChI=1S/C20H32O2/c1-12(2)15-9-8-13(3)17-16-11-20(5,21)10-6-7-14(4)19(22-16)18(15)17/h12,15-19,21H,3-4,6-11H2,1-2,5H3/t15-,16-,17-,18-,19+,20+/m1/s1. The summed E-state index contributed by atoms with van der Waals surface area (Å²) in [6, 6.07) is 0. The van der Waals surface area contributed by atoms with Gasteiger partial charge in [-0.2, -0.15) is 0 Å². The molecule has 0 aromatic carbocycles. The lowest BCUT2D eigenvalue weighted by Gasteiger charge is -2.41. The summed E-state index contributed by atoms with van der Waals surface area (Å²) in [6.45, 7) is 15.4. The number of hydrogen-bond donors (Lipinski definition) is 1. The molecule has 2 heterocycles. The van der Waals surface area contributed by atoms with Gasteiger partial charge in [-0.05, 0) is 56.4 Å². The number of aliphatic hydroxyl groups is 1. The third kappa shape index (κ3) is 2.80. The minimum atomic E-state index is -0.625. The highest BCUT2D eigenvalue weighted by molar-refractivity contribution is 5.22. The van der Waals surface area contributed by atoms with Gasteiger partial charge in [-0.1, -0.05) is 32.6 Å². The van der Waals surface area contributed by atoms with E-state index in [0.717, 1.165) is 32.1 Å². The van der Waals surface area contributed by atoms with Crippen LogP contribution in [-0.4, -0.2) is 22.9 Å². The van der Waals surface area contributed by atoms with E-state index >= 15 is 0 Å². The second-order valence-corrected chi connectivity index (χ2v) is 8.52. The molecule has 0 amide bonds. The summed E-state index contributed by atoms with van der Waals surface area (Å²) in [4.78, 5) is 0. The second kappa shape index (κ2) is 5.79. The van der Waals surface area contributed by atoms with E-state index < -0.39 is 5.60 Å². The van der Waals surface area contributed by atoms with E-state index in [2.05, 4.69) is 27.0 Å². The number of fused-ring (bicyclic) bond motifs is 5. The quantitative estimate of drug-likeness (QED) is 0.723. The maximum absolute atomic E-state index is 10.7. The van der Waals surface area contributed by atoms with Crippen LogP contribution < -0.4 is 0 Å². The molecule has 22 heavy (non-hydrogen) atoms. The van der Waals surface area contributed by atoms with Crippen molar-refractivity contribution >= 4 is 0 Å². The summed E-state index contributed by atoms with van der Waals surface area (Å²) < 4.78 is 6.51. The van der Waals surface area contributed by atoms with Crippen LogP contribution in [0.1, 0.15) is 59.3 Å². The maximum atomic E-state index is 10.7. The van der Waals surface area contributed by atoms with Crippen LogP contribution >= 0.6 is 0 Å². The molecule has 2 aliphatic heterocycles. The zero-order valence-electron chi connectivity index (χ0n) is 14.5. The van der Waals surface area contributed by atoms with Gasteiger partial charge in [0.15, 0.2) is 0 Å². The van der Waals surface area contributed by atoms with Crippen molar-refractivity contribution in [3.05, 3.63) is 24.3 Å². The predicted molar refractivity (Wildman–Crippen MR) is 90.6 cm³/mol. The molecule has 1 N–H and O–H groups in total. The van der Waals surface area contributed by atoms with Gasteiger partial charge >= 0.3 is 0 Å². The summed E-state index contributed by atoms with van der Waals surface area (Å²) in [7, 11) is 0. The Hall–Kier alpha value is -0.600. The molecule has 2 heteroatoms. The molecule has 0 aromatic heterocycles. The van der Waals surface area contributed by atoms with Crippen molar-refractivity contribution in [3.8, 4) is 0 Å².